The maximum Gasteiger partial charge on any atom is 0.288 e. The number of aliphatic imine (C=N–C) groups is 1. The van der Waals surface area contributed by atoms with E-state index in [2.05, 4.69) is 15.3 Å². The lowest BCUT2D eigenvalue weighted by Gasteiger charge is -2.41. The first kappa shape index (κ1) is 19.6. The highest BCUT2D eigenvalue weighted by molar-refractivity contribution is 6.02. The van der Waals surface area contributed by atoms with Gasteiger partial charge in [-0.3, -0.25) is 4.79 Å². The Bertz CT molecular complexity index is 1100. The molecule has 30 heavy (non-hydrogen) atoms. The van der Waals surface area contributed by atoms with Crippen LogP contribution in [0.25, 0.3) is 0 Å². The molecule has 3 N–H and O–H groups in total. The zero-order valence-corrected chi connectivity index (χ0v) is 16.4. The van der Waals surface area contributed by atoms with Crippen LogP contribution < -0.4 is 11.1 Å². The number of hydrogen-bond acceptors (Lipinski definition) is 6. The van der Waals surface area contributed by atoms with Crippen molar-refractivity contribution in [1.29, 1.82) is 5.26 Å². The van der Waals surface area contributed by atoms with Crippen LogP contribution in [0.15, 0.2) is 53.4 Å². The highest BCUT2D eigenvalue weighted by atomic mass is 19.1. The minimum absolute atomic E-state index is 0.00230. The first-order valence-corrected chi connectivity index (χ1v) is 9.61. The van der Waals surface area contributed by atoms with Gasteiger partial charge in [-0.05, 0) is 62.6 Å². The Hall–Kier alpha value is -3.73. The van der Waals surface area contributed by atoms with Crippen LogP contribution in [0.5, 0.6) is 0 Å². The molecule has 1 amide bonds. The zero-order chi connectivity index (χ0) is 21.3. The molecule has 0 radical (unpaired) electrons. The summed E-state index contributed by atoms with van der Waals surface area (Å²) in [5.41, 5.74) is 6.18. The van der Waals surface area contributed by atoms with Gasteiger partial charge in [0.05, 0.1) is 5.56 Å². The molecule has 1 aliphatic carbocycles. The van der Waals surface area contributed by atoms with Gasteiger partial charge in [0.1, 0.15) is 28.9 Å². The Morgan fingerprint density at radius 3 is 2.97 bits per heavy atom. The molecule has 0 bridgehead atoms. The number of nitrogens with two attached hydrogens (primary N) is 1. The Morgan fingerprint density at radius 2 is 2.23 bits per heavy atom. The number of carbonyl (C=O) groups excluding carboxylic acids is 1. The Kier molecular flexibility index (Phi) is 4.96. The van der Waals surface area contributed by atoms with E-state index in [1.54, 1.807) is 6.07 Å². The molecule has 0 spiro atoms. The van der Waals surface area contributed by atoms with Crippen LogP contribution in [0.2, 0.25) is 0 Å². The van der Waals surface area contributed by atoms with Crippen molar-refractivity contribution in [3.63, 3.8) is 0 Å². The number of amidine groups is 1. The van der Waals surface area contributed by atoms with E-state index in [0.29, 0.717) is 22.6 Å². The van der Waals surface area contributed by atoms with Gasteiger partial charge in [0.2, 0.25) is 0 Å². The van der Waals surface area contributed by atoms with Gasteiger partial charge >= 0.3 is 0 Å². The van der Waals surface area contributed by atoms with Crippen molar-refractivity contribution in [3.8, 4) is 6.07 Å². The van der Waals surface area contributed by atoms with E-state index < -0.39 is 17.3 Å². The summed E-state index contributed by atoms with van der Waals surface area (Å²) in [4.78, 5) is 21.0. The summed E-state index contributed by atoms with van der Waals surface area (Å²) in [6.07, 6.45) is 5.93. The summed E-state index contributed by atoms with van der Waals surface area (Å²) in [6.45, 7) is 1.83. The second-order valence-corrected chi connectivity index (χ2v) is 7.48. The zero-order valence-electron chi connectivity index (χ0n) is 16.4. The van der Waals surface area contributed by atoms with E-state index in [-0.39, 0.29) is 17.6 Å². The standard InChI is InChI=1S/C22H20FN5O2/c1-22(15-4-2-3-5-19(15)30-21(25)28-22)16-10-14(7-8-17(16)23)27-20(29)18-9-6-13(11-24)12-26-18/h5-10,12,15H,2-4H2,1H3,(H2,25,28)(H,27,29). The lowest BCUT2D eigenvalue weighted by Crippen LogP contribution is -2.42. The van der Waals surface area contributed by atoms with Gasteiger partial charge in [0.25, 0.3) is 11.9 Å². The van der Waals surface area contributed by atoms with Gasteiger partial charge in [0, 0.05) is 23.4 Å². The topological polar surface area (TPSA) is 113 Å². The number of nitrogens with one attached hydrogen (secondary N) is 1. The summed E-state index contributed by atoms with van der Waals surface area (Å²) < 4.78 is 20.5. The van der Waals surface area contributed by atoms with E-state index in [0.717, 1.165) is 19.3 Å². The molecule has 2 heterocycles. The van der Waals surface area contributed by atoms with Crippen LogP contribution in [0.1, 0.15) is 47.8 Å². The lowest BCUT2D eigenvalue weighted by molar-refractivity contribution is 0.102. The average Bonchev–Trinajstić information content (AvgIpc) is 2.75. The molecule has 2 unspecified atom stereocenters. The minimum atomic E-state index is -0.952. The monoisotopic (exact) mass is 405 g/mol. The van der Waals surface area contributed by atoms with Crippen LogP contribution in [0.3, 0.4) is 0 Å². The van der Waals surface area contributed by atoms with Gasteiger partial charge in [-0.25, -0.2) is 14.4 Å². The number of ether oxygens (including phenoxy) is 1. The molecule has 152 valence electrons. The quantitative estimate of drug-likeness (QED) is 0.810. The molecule has 2 aromatic rings. The number of amides is 1. The third-order valence-electron chi connectivity index (χ3n) is 5.52. The van der Waals surface area contributed by atoms with Crippen LogP contribution in [0.4, 0.5) is 10.1 Å². The predicted molar refractivity (Wildman–Crippen MR) is 109 cm³/mol. The maximum atomic E-state index is 14.9. The van der Waals surface area contributed by atoms with E-state index in [4.69, 9.17) is 15.7 Å². The number of halogens is 1. The molecule has 0 fully saturated rings. The van der Waals surface area contributed by atoms with Crippen LogP contribution in [0, 0.1) is 23.1 Å². The Morgan fingerprint density at radius 1 is 1.40 bits per heavy atom. The number of allylic oxidation sites excluding steroid dienone is 1. The number of carbonyl (C=O) groups is 1. The maximum absolute atomic E-state index is 14.9. The fourth-order valence-electron chi connectivity index (χ4n) is 4.00. The van der Waals surface area contributed by atoms with Crippen LogP contribution in [-0.4, -0.2) is 16.9 Å². The normalized spacial score (nSPS) is 22.6. The van der Waals surface area contributed by atoms with Gasteiger partial charge in [-0.1, -0.05) is 0 Å². The third kappa shape index (κ3) is 3.50. The first-order chi connectivity index (χ1) is 14.4. The smallest absolute Gasteiger partial charge is 0.288 e. The second-order valence-electron chi connectivity index (χ2n) is 7.48. The predicted octanol–water partition coefficient (Wildman–Crippen LogP) is 3.59. The number of fused-ring (bicyclic) bond motifs is 1. The fourth-order valence-corrected chi connectivity index (χ4v) is 4.00. The summed E-state index contributed by atoms with van der Waals surface area (Å²) in [6, 6.07) is 9.27. The van der Waals surface area contributed by atoms with E-state index >= 15 is 0 Å². The van der Waals surface area contributed by atoms with Crippen molar-refractivity contribution >= 4 is 17.6 Å². The number of nitriles is 1. The molecule has 2 aliphatic rings. The molecule has 7 nitrogen and oxygen atoms in total. The van der Waals surface area contributed by atoms with Crippen LogP contribution in [-0.2, 0) is 10.3 Å². The fraction of sp³-hybridized carbons (Fsp3) is 0.273. The summed E-state index contributed by atoms with van der Waals surface area (Å²) in [5, 5.41) is 11.6. The molecule has 2 atom stereocenters. The number of aromatic nitrogens is 1. The summed E-state index contributed by atoms with van der Waals surface area (Å²) >= 11 is 0. The molecule has 1 aromatic carbocycles. The largest absolute Gasteiger partial charge is 0.431 e. The number of pyridine rings is 1. The number of hydrogen-bond donors (Lipinski definition) is 2. The van der Waals surface area contributed by atoms with Crippen molar-refractivity contribution in [3.05, 3.63) is 71.0 Å². The van der Waals surface area contributed by atoms with Gasteiger partial charge in [-0.2, -0.15) is 5.26 Å². The first-order valence-electron chi connectivity index (χ1n) is 9.61. The highest BCUT2D eigenvalue weighted by Gasteiger charge is 2.45. The van der Waals surface area contributed by atoms with Crippen molar-refractivity contribution in [2.75, 3.05) is 5.32 Å². The molecule has 0 saturated carbocycles. The van der Waals surface area contributed by atoms with E-state index in [1.165, 1.54) is 30.5 Å². The third-order valence-corrected chi connectivity index (χ3v) is 5.52. The van der Waals surface area contributed by atoms with Crippen LogP contribution >= 0.6 is 0 Å². The van der Waals surface area contributed by atoms with Gasteiger partial charge in [-0.15, -0.1) is 0 Å². The number of rotatable bonds is 3. The van der Waals surface area contributed by atoms with Crippen molar-refractivity contribution in [1.82, 2.24) is 4.98 Å². The van der Waals surface area contributed by atoms with Crippen molar-refractivity contribution < 1.29 is 13.9 Å². The number of nitrogens with zero attached hydrogens (tertiary/aromatic N) is 3. The summed E-state index contributed by atoms with van der Waals surface area (Å²) in [7, 11) is 0. The Labute approximate surface area is 173 Å². The van der Waals surface area contributed by atoms with Gasteiger partial charge < -0.3 is 15.8 Å². The minimum Gasteiger partial charge on any atom is -0.431 e. The van der Waals surface area contributed by atoms with Crippen molar-refractivity contribution in [2.24, 2.45) is 16.6 Å². The molecule has 1 aromatic heterocycles. The Balaban J connectivity index is 1.67. The number of anilines is 1. The molecule has 8 heteroatoms. The molecule has 4 rings (SSSR count). The second kappa shape index (κ2) is 7.59. The van der Waals surface area contributed by atoms with E-state index in [9.17, 15) is 9.18 Å². The molecular formula is C22H20FN5O2. The highest BCUT2D eigenvalue weighted by Crippen LogP contribution is 2.47. The van der Waals surface area contributed by atoms with E-state index in [1.807, 2.05) is 19.1 Å². The lowest BCUT2D eigenvalue weighted by atomic mass is 9.73. The molecule has 1 aliphatic heterocycles. The SMILES string of the molecule is CC1(c2cc(NC(=O)c3ccc(C#N)cn3)ccc2F)N=C(N)OC2=CCCCC21. The average molecular weight is 405 g/mol. The molecular weight excluding hydrogens is 385 g/mol. The van der Waals surface area contributed by atoms with Gasteiger partial charge in [0.15, 0.2) is 0 Å². The molecule has 0 saturated heterocycles. The van der Waals surface area contributed by atoms with Crippen molar-refractivity contribution in [2.45, 2.75) is 31.7 Å². The summed E-state index contributed by atoms with van der Waals surface area (Å²) in [5.74, 6) is -0.322. The number of benzene rings is 1.